The Labute approximate surface area is 74.2 Å². The molecule has 1 rings (SSSR count). The highest BCUT2D eigenvalue weighted by Gasteiger charge is 2.08. The van der Waals surface area contributed by atoms with Crippen LogP contribution in [0.4, 0.5) is 0 Å². The summed E-state index contributed by atoms with van der Waals surface area (Å²) in [6.07, 6.45) is 0.778. The highest BCUT2D eigenvalue weighted by Crippen LogP contribution is 2.00. The molecule has 0 aliphatic carbocycles. The Bertz CT molecular complexity index is 284. The van der Waals surface area contributed by atoms with Crippen LogP contribution in [0.25, 0.3) is 0 Å². The van der Waals surface area contributed by atoms with Gasteiger partial charge in [-0.3, -0.25) is 4.79 Å². The van der Waals surface area contributed by atoms with Crippen LogP contribution in [0.1, 0.15) is 18.1 Å². The number of aryl methyl sites for hydroxylation is 1. The largest absolute Gasteiger partial charge is 0.481 e. The summed E-state index contributed by atoms with van der Waals surface area (Å²) in [6, 6.07) is 0. The molecule has 0 unspecified atom stereocenters. The van der Waals surface area contributed by atoms with Crippen molar-refractivity contribution in [2.45, 2.75) is 19.3 Å². The van der Waals surface area contributed by atoms with Gasteiger partial charge in [0, 0.05) is 13.0 Å². The molecule has 0 saturated heterocycles. The van der Waals surface area contributed by atoms with Crippen molar-refractivity contribution in [3.8, 4) is 0 Å². The van der Waals surface area contributed by atoms with Crippen molar-refractivity contribution < 1.29 is 19.5 Å². The predicted molar refractivity (Wildman–Crippen MR) is 41.0 cm³/mol. The maximum atomic E-state index is 10.2. The molecule has 0 spiro atoms. The van der Waals surface area contributed by atoms with Crippen LogP contribution in [0.3, 0.4) is 0 Å². The van der Waals surface area contributed by atoms with Gasteiger partial charge in [0.15, 0.2) is 5.82 Å². The van der Waals surface area contributed by atoms with Crippen molar-refractivity contribution in [1.82, 2.24) is 10.1 Å². The van der Waals surface area contributed by atoms with Gasteiger partial charge in [-0.2, -0.15) is 4.98 Å². The van der Waals surface area contributed by atoms with Crippen LogP contribution in [-0.4, -0.2) is 32.9 Å². The number of aliphatic hydroxyl groups is 1. The molecule has 0 amide bonds. The average molecular weight is 186 g/mol. The lowest BCUT2D eigenvalue weighted by Crippen LogP contribution is -2.01. The topological polar surface area (TPSA) is 96.5 Å². The fraction of sp³-hybridized carbons (Fsp3) is 0.571. The Morgan fingerprint density at radius 2 is 2.31 bits per heavy atom. The number of carboxylic acids is 1. The van der Waals surface area contributed by atoms with E-state index in [9.17, 15) is 4.79 Å². The summed E-state index contributed by atoms with van der Waals surface area (Å²) in [5, 5.41) is 20.3. The minimum Gasteiger partial charge on any atom is -0.481 e. The molecule has 0 fully saturated rings. The SMILES string of the molecule is O=C(O)Cc1noc(CCCO)n1. The van der Waals surface area contributed by atoms with Crippen molar-refractivity contribution in [3.05, 3.63) is 11.7 Å². The number of nitrogens with zero attached hydrogens (tertiary/aromatic N) is 2. The first-order chi connectivity index (χ1) is 6.22. The summed E-state index contributed by atoms with van der Waals surface area (Å²) in [5.41, 5.74) is 0. The monoisotopic (exact) mass is 186 g/mol. The van der Waals surface area contributed by atoms with E-state index in [1.165, 1.54) is 0 Å². The van der Waals surface area contributed by atoms with Gasteiger partial charge in [0.25, 0.3) is 0 Å². The number of hydrogen-bond acceptors (Lipinski definition) is 5. The summed E-state index contributed by atoms with van der Waals surface area (Å²) in [4.78, 5) is 14.0. The number of hydrogen-bond donors (Lipinski definition) is 2. The van der Waals surface area contributed by atoms with Crippen molar-refractivity contribution in [2.24, 2.45) is 0 Å². The highest BCUT2D eigenvalue weighted by atomic mass is 16.5. The van der Waals surface area contributed by atoms with E-state index in [0.29, 0.717) is 18.7 Å². The molecule has 0 saturated carbocycles. The lowest BCUT2D eigenvalue weighted by atomic mass is 10.3. The van der Waals surface area contributed by atoms with E-state index in [2.05, 4.69) is 10.1 Å². The van der Waals surface area contributed by atoms with Crippen LogP contribution in [-0.2, 0) is 17.6 Å². The smallest absolute Gasteiger partial charge is 0.311 e. The number of aliphatic hydroxyl groups excluding tert-OH is 1. The third-order valence-electron chi connectivity index (χ3n) is 1.37. The summed E-state index contributed by atoms with van der Waals surface area (Å²) >= 11 is 0. The van der Waals surface area contributed by atoms with Gasteiger partial charge in [0.2, 0.25) is 5.89 Å². The van der Waals surface area contributed by atoms with Gasteiger partial charge in [-0.15, -0.1) is 0 Å². The molecule has 0 bridgehead atoms. The Balaban J connectivity index is 2.48. The quantitative estimate of drug-likeness (QED) is 0.650. The molecule has 2 N–H and O–H groups in total. The van der Waals surface area contributed by atoms with E-state index in [1.807, 2.05) is 0 Å². The first-order valence-corrected chi connectivity index (χ1v) is 3.86. The van der Waals surface area contributed by atoms with E-state index in [1.54, 1.807) is 0 Å². The molecule has 0 aromatic carbocycles. The van der Waals surface area contributed by atoms with Gasteiger partial charge in [-0.05, 0) is 6.42 Å². The predicted octanol–water partition coefficient (Wildman–Crippen LogP) is -0.378. The molecule has 0 atom stereocenters. The molecule has 1 heterocycles. The van der Waals surface area contributed by atoms with Crippen LogP contribution < -0.4 is 0 Å². The fourth-order valence-corrected chi connectivity index (χ4v) is 0.829. The Morgan fingerprint density at radius 1 is 1.54 bits per heavy atom. The maximum Gasteiger partial charge on any atom is 0.311 e. The van der Waals surface area contributed by atoms with Gasteiger partial charge < -0.3 is 14.7 Å². The van der Waals surface area contributed by atoms with Crippen LogP contribution in [0.2, 0.25) is 0 Å². The van der Waals surface area contributed by atoms with E-state index >= 15 is 0 Å². The zero-order valence-corrected chi connectivity index (χ0v) is 6.93. The first-order valence-electron chi connectivity index (χ1n) is 3.86. The summed E-state index contributed by atoms with van der Waals surface area (Å²) in [5.74, 6) is -0.458. The highest BCUT2D eigenvalue weighted by molar-refractivity contribution is 5.68. The van der Waals surface area contributed by atoms with Crippen molar-refractivity contribution in [3.63, 3.8) is 0 Å². The summed E-state index contributed by atoms with van der Waals surface area (Å²) in [6.45, 7) is 0.0522. The minimum absolute atomic E-state index is 0.0522. The second kappa shape index (κ2) is 4.56. The lowest BCUT2D eigenvalue weighted by molar-refractivity contribution is -0.136. The zero-order chi connectivity index (χ0) is 9.68. The van der Waals surface area contributed by atoms with Gasteiger partial charge in [0.1, 0.15) is 6.42 Å². The second-order valence-electron chi connectivity index (χ2n) is 2.50. The van der Waals surface area contributed by atoms with Crippen LogP contribution in [0, 0.1) is 0 Å². The number of aliphatic carboxylic acids is 1. The van der Waals surface area contributed by atoms with Crippen molar-refractivity contribution >= 4 is 5.97 Å². The number of carboxylic acid groups (broad SMARTS) is 1. The molecule has 13 heavy (non-hydrogen) atoms. The third kappa shape index (κ3) is 3.20. The molecule has 1 aromatic heterocycles. The van der Waals surface area contributed by atoms with Gasteiger partial charge >= 0.3 is 5.97 Å². The van der Waals surface area contributed by atoms with Crippen molar-refractivity contribution in [1.29, 1.82) is 0 Å². The normalized spacial score (nSPS) is 10.2. The van der Waals surface area contributed by atoms with Gasteiger partial charge in [-0.1, -0.05) is 5.16 Å². The molecule has 0 radical (unpaired) electrons. The third-order valence-corrected chi connectivity index (χ3v) is 1.37. The minimum atomic E-state index is -0.991. The summed E-state index contributed by atoms with van der Waals surface area (Å²) in [7, 11) is 0. The molecule has 72 valence electrons. The van der Waals surface area contributed by atoms with Crippen LogP contribution in [0.5, 0.6) is 0 Å². The van der Waals surface area contributed by atoms with Gasteiger partial charge in [0.05, 0.1) is 0 Å². The standard InChI is InChI=1S/C7H10N2O4/c10-3-1-2-6-8-5(9-13-6)4-7(11)12/h10H,1-4H2,(H,11,12). The first kappa shape index (κ1) is 9.66. The fourth-order valence-electron chi connectivity index (χ4n) is 0.829. The molecule has 6 heteroatoms. The lowest BCUT2D eigenvalue weighted by Gasteiger charge is -1.87. The van der Waals surface area contributed by atoms with E-state index in [0.717, 1.165) is 0 Å². The molecule has 6 nitrogen and oxygen atoms in total. The zero-order valence-electron chi connectivity index (χ0n) is 6.93. The molecular formula is C7H10N2O4. The van der Waals surface area contributed by atoms with Crippen LogP contribution >= 0.6 is 0 Å². The van der Waals surface area contributed by atoms with E-state index < -0.39 is 5.97 Å². The number of rotatable bonds is 5. The summed E-state index contributed by atoms with van der Waals surface area (Å²) < 4.78 is 4.73. The molecule has 1 aromatic rings. The van der Waals surface area contributed by atoms with E-state index in [-0.39, 0.29) is 18.9 Å². The molecule has 0 aliphatic heterocycles. The average Bonchev–Trinajstić information content (AvgIpc) is 2.48. The van der Waals surface area contributed by atoms with Crippen LogP contribution in [0.15, 0.2) is 4.52 Å². The van der Waals surface area contributed by atoms with Crippen molar-refractivity contribution in [2.75, 3.05) is 6.61 Å². The Morgan fingerprint density at radius 3 is 2.92 bits per heavy atom. The molecule has 0 aliphatic rings. The van der Waals surface area contributed by atoms with E-state index in [4.69, 9.17) is 14.7 Å². The van der Waals surface area contributed by atoms with Gasteiger partial charge in [-0.25, -0.2) is 0 Å². The molecular weight excluding hydrogens is 176 g/mol. The number of aromatic nitrogens is 2. The Kier molecular flexibility index (Phi) is 3.39. The second-order valence-corrected chi connectivity index (χ2v) is 2.50. The Hall–Kier alpha value is -1.43. The maximum absolute atomic E-state index is 10.2. The number of carbonyl (C=O) groups is 1.